The quantitative estimate of drug-likeness (QED) is 0.694. The van der Waals surface area contributed by atoms with Gasteiger partial charge >= 0.3 is 0 Å². The molecule has 0 atom stereocenters. The normalized spacial score (nSPS) is 9.94. The number of hydrogen-bond acceptors (Lipinski definition) is 2. The van der Waals surface area contributed by atoms with Gasteiger partial charge < -0.3 is 10.1 Å². The van der Waals surface area contributed by atoms with Crippen LogP contribution >= 0.6 is 0 Å². The maximum atomic E-state index is 5.76. The van der Waals surface area contributed by atoms with Gasteiger partial charge in [-0.1, -0.05) is 37.8 Å². The molecule has 0 amide bonds. The average Bonchev–Trinajstić information content (AvgIpc) is 2.35. The van der Waals surface area contributed by atoms with E-state index in [9.17, 15) is 0 Å². The van der Waals surface area contributed by atoms with Gasteiger partial charge in [0.25, 0.3) is 0 Å². The fraction of sp³-hybridized carbons (Fsp3) is 0.333. The lowest BCUT2D eigenvalue weighted by Gasteiger charge is -2.12. The molecule has 1 N–H and O–H groups in total. The molecule has 0 saturated carbocycles. The SMILES string of the molecule is C=CCc1ccccc1OCC(=C)CNCC. The van der Waals surface area contributed by atoms with E-state index in [-0.39, 0.29) is 0 Å². The number of benzene rings is 1. The molecule has 0 heterocycles. The molecule has 0 fully saturated rings. The summed E-state index contributed by atoms with van der Waals surface area (Å²) < 4.78 is 5.76. The summed E-state index contributed by atoms with van der Waals surface area (Å²) in [5.74, 6) is 0.921. The maximum absolute atomic E-state index is 5.76. The van der Waals surface area contributed by atoms with Gasteiger partial charge in [-0.2, -0.15) is 0 Å². The van der Waals surface area contributed by atoms with Crippen molar-refractivity contribution in [1.29, 1.82) is 0 Å². The third kappa shape index (κ3) is 4.87. The Morgan fingerprint density at radius 3 is 2.88 bits per heavy atom. The zero-order valence-electron chi connectivity index (χ0n) is 10.5. The molecule has 1 rings (SSSR count). The summed E-state index contributed by atoms with van der Waals surface area (Å²) in [6.45, 7) is 12.1. The van der Waals surface area contributed by atoms with Crippen molar-refractivity contribution < 1.29 is 4.74 Å². The third-order valence-corrected chi connectivity index (χ3v) is 2.39. The second-order valence-corrected chi connectivity index (χ2v) is 3.92. The molecule has 92 valence electrons. The molecule has 2 nitrogen and oxygen atoms in total. The van der Waals surface area contributed by atoms with Crippen LogP contribution in [-0.4, -0.2) is 19.7 Å². The second kappa shape index (κ2) is 7.69. The first kappa shape index (κ1) is 13.5. The standard InChI is InChI=1S/C15H21NO/c1-4-8-14-9-6-7-10-15(14)17-12-13(3)11-16-5-2/h4,6-7,9-10,16H,1,3,5,8,11-12H2,2H3. The van der Waals surface area contributed by atoms with E-state index in [1.54, 1.807) is 0 Å². The molecule has 1 aromatic carbocycles. The molecule has 1 aromatic rings. The average molecular weight is 231 g/mol. The highest BCUT2D eigenvalue weighted by Crippen LogP contribution is 2.19. The van der Waals surface area contributed by atoms with Crippen LogP contribution in [0, 0.1) is 0 Å². The van der Waals surface area contributed by atoms with Gasteiger partial charge in [0.05, 0.1) is 0 Å². The van der Waals surface area contributed by atoms with Gasteiger partial charge in [0.2, 0.25) is 0 Å². The Morgan fingerprint density at radius 1 is 1.41 bits per heavy atom. The Labute approximate surface area is 104 Å². The molecule has 17 heavy (non-hydrogen) atoms. The van der Waals surface area contributed by atoms with Gasteiger partial charge in [-0.25, -0.2) is 0 Å². The second-order valence-electron chi connectivity index (χ2n) is 3.92. The minimum atomic E-state index is 0.557. The molecule has 0 aliphatic heterocycles. The number of hydrogen-bond donors (Lipinski definition) is 1. The Kier molecular flexibility index (Phi) is 6.12. The smallest absolute Gasteiger partial charge is 0.123 e. The van der Waals surface area contributed by atoms with E-state index >= 15 is 0 Å². The molecular weight excluding hydrogens is 210 g/mol. The van der Waals surface area contributed by atoms with Crippen molar-refractivity contribution in [3.8, 4) is 5.75 Å². The van der Waals surface area contributed by atoms with Crippen molar-refractivity contribution >= 4 is 0 Å². The van der Waals surface area contributed by atoms with Crippen LogP contribution in [0.5, 0.6) is 5.75 Å². The van der Waals surface area contributed by atoms with Gasteiger partial charge in [-0.15, -0.1) is 6.58 Å². The Bertz CT molecular complexity index is 371. The summed E-state index contributed by atoms with van der Waals surface area (Å²) in [6.07, 6.45) is 2.71. The van der Waals surface area contributed by atoms with Gasteiger partial charge in [0.15, 0.2) is 0 Å². The van der Waals surface area contributed by atoms with Crippen molar-refractivity contribution in [3.05, 3.63) is 54.6 Å². The van der Waals surface area contributed by atoms with Crippen molar-refractivity contribution in [2.24, 2.45) is 0 Å². The minimum absolute atomic E-state index is 0.557. The first-order chi connectivity index (χ1) is 8.27. The number of para-hydroxylation sites is 1. The highest BCUT2D eigenvalue weighted by atomic mass is 16.5. The molecule has 0 saturated heterocycles. The van der Waals surface area contributed by atoms with Crippen LogP contribution in [0.1, 0.15) is 12.5 Å². The summed E-state index contributed by atoms with van der Waals surface area (Å²) in [5.41, 5.74) is 2.22. The van der Waals surface area contributed by atoms with E-state index in [2.05, 4.69) is 31.5 Å². The zero-order valence-corrected chi connectivity index (χ0v) is 10.5. The maximum Gasteiger partial charge on any atom is 0.123 e. The van der Waals surface area contributed by atoms with Crippen LogP contribution < -0.4 is 10.1 Å². The largest absolute Gasteiger partial charge is 0.489 e. The number of ether oxygens (including phenoxy) is 1. The number of rotatable bonds is 8. The summed E-state index contributed by atoms with van der Waals surface area (Å²) in [6, 6.07) is 8.04. The van der Waals surface area contributed by atoms with Crippen LogP contribution in [0.2, 0.25) is 0 Å². The zero-order chi connectivity index (χ0) is 12.5. The predicted molar refractivity (Wildman–Crippen MR) is 73.5 cm³/mol. The molecule has 2 heteroatoms. The molecule has 0 aromatic heterocycles. The highest BCUT2D eigenvalue weighted by molar-refractivity contribution is 5.34. The summed E-state index contributed by atoms with van der Waals surface area (Å²) in [5, 5.41) is 3.23. The first-order valence-corrected chi connectivity index (χ1v) is 5.97. The summed E-state index contributed by atoms with van der Waals surface area (Å²) >= 11 is 0. The monoisotopic (exact) mass is 231 g/mol. The van der Waals surface area contributed by atoms with E-state index in [0.717, 1.165) is 30.8 Å². The Balaban J connectivity index is 2.50. The van der Waals surface area contributed by atoms with Crippen LogP contribution in [0.3, 0.4) is 0 Å². The van der Waals surface area contributed by atoms with Gasteiger partial charge in [-0.3, -0.25) is 0 Å². The van der Waals surface area contributed by atoms with E-state index in [4.69, 9.17) is 4.74 Å². The summed E-state index contributed by atoms with van der Waals surface area (Å²) in [4.78, 5) is 0. The lowest BCUT2D eigenvalue weighted by Crippen LogP contribution is -2.19. The molecule has 0 bridgehead atoms. The Morgan fingerprint density at radius 2 is 2.18 bits per heavy atom. The van der Waals surface area contributed by atoms with Crippen LogP contribution in [-0.2, 0) is 6.42 Å². The van der Waals surface area contributed by atoms with Crippen LogP contribution in [0.15, 0.2) is 49.1 Å². The Hall–Kier alpha value is -1.54. The summed E-state index contributed by atoms with van der Waals surface area (Å²) in [7, 11) is 0. The number of allylic oxidation sites excluding steroid dienone is 1. The van der Waals surface area contributed by atoms with Crippen LogP contribution in [0.4, 0.5) is 0 Å². The molecule has 0 radical (unpaired) electrons. The molecule has 0 aliphatic carbocycles. The van der Waals surface area contributed by atoms with Gasteiger partial charge in [0.1, 0.15) is 12.4 Å². The van der Waals surface area contributed by atoms with Crippen molar-refractivity contribution in [1.82, 2.24) is 5.32 Å². The van der Waals surface area contributed by atoms with Gasteiger partial charge in [0, 0.05) is 6.54 Å². The van der Waals surface area contributed by atoms with Crippen molar-refractivity contribution in [2.45, 2.75) is 13.3 Å². The van der Waals surface area contributed by atoms with E-state index in [1.165, 1.54) is 5.56 Å². The molecule has 0 aliphatic rings. The van der Waals surface area contributed by atoms with Crippen molar-refractivity contribution in [3.63, 3.8) is 0 Å². The van der Waals surface area contributed by atoms with E-state index < -0.39 is 0 Å². The predicted octanol–water partition coefficient (Wildman–Crippen LogP) is 2.96. The molecule has 0 spiro atoms. The third-order valence-electron chi connectivity index (χ3n) is 2.39. The topological polar surface area (TPSA) is 21.3 Å². The fourth-order valence-corrected chi connectivity index (χ4v) is 1.50. The minimum Gasteiger partial charge on any atom is -0.489 e. The van der Waals surface area contributed by atoms with E-state index in [0.29, 0.717) is 6.61 Å². The lowest BCUT2D eigenvalue weighted by atomic mass is 10.1. The lowest BCUT2D eigenvalue weighted by molar-refractivity contribution is 0.345. The van der Waals surface area contributed by atoms with Crippen LogP contribution in [0.25, 0.3) is 0 Å². The van der Waals surface area contributed by atoms with Crippen molar-refractivity contribution in [2.75, 3.05) is 19.7 Å². The molecular formula is C15H21NO. The number of nitrogens with one attached hydrogen (secondary N) is 1. The number of likely N-dealkylation sites (N-methyl/N-ethyl adjacent to an activating group) is 1. The van der Waals surface area contributed by atoms with Gasteiger partial charge in [-0.05, 0) is 30.2 Å². The molecule has 0 unspecified atom stereocenters. The highest BCUT2D eigenvalue weighted by Gasteiger charge is 2.02. The first-order valence-electron chi connectivity index (χ1n) is 5.97. The fourth-order valence-electron chi connectivity index (χ4n) is 1.50. The van der Waals surface area contributed by atoms with E-state index in [1.807, 2.05) is 24.3 Å².